The van der Waals surface area contributed by atoms with Crippen LogP contribution >= 0.6 is 0 Å². The first-order chi connectivity index (χ1) is 18.7. The van der Waals surface area contributed by atoms with E-state index >= 15 is 0 Å². The van der Waals surface area contributed by atoms with Crippen LogP contribution in [0.15, 0.2) is 72.8 Å². The van der Waals surface area contributed by atoms with E-state index < -0.39 is 12.1 Å². The van der Waals surface area contributed by atoms with Gasteiger partial charge in [0.05, 0.1) is 32.8 Å². The fourth-order valence-electron chi connectivity index (χ4n) is 3.86. The molecule has 0 spiro atoms. The molecule has 0 radical (unpaired) electrons. The van der Waals surface area contributed by atoms with Crippen LogP contribution in [0.3, 0.4) is 0 Å². The SMILES string of the molecule is C[N+](C)(C)c1ccc(CNC(=O)c2cc3cc(F)ccc3n2Cc2cccc(C#N)c2)cc1.O=C([O-])C(F)(F)F. The van der Waals surface area contributed by atoms with Gasteiger partial charge in [-0.15, -0.1) is 0 Å². The Hall–Kier alpha value is -4.69. The molecule has 0 unspecified atom stereocenters. The van der Waals surface area contributed by atoms with E-state index in [1.54, 1.807) is 24.3 Å². The summed E-state index contributed by atoms with van der Waals surface area (Å²) in [4.78, 5) is 21.9. The molecular formula is C29H26F4N4O3. The molecule has 40 heavy (non-hydrogen) atoms. The van der Waals surface area contributed by atoms with E-state index in [4.69, 9.17) is 9.90 Å². The Kier molecular flexibility index (Phi) is 8.96. The molecule has 0 fully saturated rings. The third-order valence-corrected chi connectivity index (χ3v) is 5.89. The minimum Gasteiger partial charge on any atom is -0.542 e. The Balaban J connectivity index is 0.000000559. The summed E-state index contributed by atoms with van der Waals surface area (Å²) >= 11 is 0. The molecule has 0 atom stereocenters. The number of benzene rings is 3. The van der Waals surface area contributed by atoms with Gasteiger partial charge in [0.1, 0.15) is 23.2 Å². The van der Waals surface area contributed by atoms with E-state index in [1.165, 1.54) is 17.8 Å². The Labute approximate surface area is 228 Å². The van der Waals surface area contributed by atoms with Crippen molar-refractivity contribution in [2.45, 2.75) is 19.3 Å². The molecule has 0 bridgehead atoms. The number of alkyl halides is 3. The second-order valence-electron chi connectivity index (χ2n) is 9.78. The average molecular weight is 555 g/mol. The molecule has 0 saturated heterocycles. The van der Waals surface area contributed by atoms with E-state index in [-0.39, 0.29) is 11.7 Å². The molecule has 0 saturated carbocycles. The number of amides is 1. The number of nitrogens with zero attached hydrogens (tertiary/aromatic N) is 3. The zero-order valence-corrected chi connectivity index (χ0v) is 21.9. The number of nitriles is 1. The van der Waals surface area contributed by atoms with Crippen LogP contribution in [0.2, 0.25) is 0 Å². The van der Waals surface area contributed by atoms with Crippen LogP contribution in [-0.2, 0) is 17.9 Å². The number of carbonyl (C=O) groups is 2. The first-order valence-corrected chi connectivity index (χ1v) is 11.9. The van der Waals surface area contributed by atoms with Gasteiger partial charge >= 0.3 is 6.18 Å². The largest absolute Gasteiger partial charge is 0.542 e. The first-order valence-electron chi connectivity index (χ1n) is 11.9. The van der Waals surface area contributed by atoms with Crippen molar-refractivity contribution >= 4 is 28.5 Å². The molecule has 4 rings (SSSR count). The smallest absolute Gasteiger partial charge is 0.430 e. The number of aliphatic carboxylic acids is 1. The van der Waals surface area contributed by atoms with Crippen LogP contribution in [0.4, 0.5) is 23.2 Å². The van der Waals surface area contributed by atoms with Crippen LogP contribution in [0.5, 0.6) is 0 Å². The normalized spacial score (nSPS) is 11.3. The van der Waals surface area contributed by atoms with Crippen LogP contribution < -0.4 is 14.9 Å². The zero-order chi connectivity index (χ0) is 29.7. The molecule has 4 aromatic rings. The number of halogens is 4. The van der Waals surface area contributed by atoms with E-state index in [9.17, 15) is 27.6 Å². The quantitative estimate of drug-likeness (QED) is 0.286. The number of quaternary nitrogens is 1. The molecule has 0 aliphatic rings. The van der Waals surface area contributed by atoms with Crippen LogP contribution in [0, 0.1) is 17.1 Å². The van der Waals surface area contributed by atoms with Gasteiger partial charge in [0.2, 0.25) is 0 Å². The first kappa shape index (κ1) is 29.9. The highest BCUT2D eigenvalue weighted by molar-refractivity contribution is 5.98. The van der Waals surface area contributed by atoms with Gasteiger partial charge in [0.25, 0.3) is 5.91 Å². The number of fused-ring (bicyclic) bond motifs is 1. The molecule has 3 aromatic carbocycles. The Bertz CT molecular complexity index is 1560. The standard InChI is InChI=1S/C27H25FN4O.C2HF3O2/c1-32(2,3)24-10-7-19(8-11-24)17-30-27(33)26-15-22-14-23(28)9-12-25(22)31(26)18-21-6-4-5-20(13-21)16-29;3-2(4,5)1(6)7/h4-15H,17-18H2,1-3H3;(H,6,7). The van der Waals surface area contributed by atoms with E-state index in [0.29, 0.717) is 29.7 Å². The zero-order valence-electron chi connectivity index (χ0n) is 21.9. The van der Waals surface area contributed by atoms with Gasteiger partial charge in [-0.1, -0.05) is 24.3 Å². The van der Waals surface area contributed by atoms with Crippen molar-refractivity contribution < 1.29 is 32.3 Å². The highest BCUT2D eigenvalue weighted by atomic mass is 19.4. The van der Waals surface area contributed by atoms with Crippen LogP contribution in [-0.4, -0.2) is 43.8 Å². The number of carboxylic acid groups (broad SMARTS) is 1. The monoisotopic (exact) mass is 554 g/mol. The lowest BCUT2D eigenvalue weighted by Gasteiger charge is -2.23. The number of nitrogens with one attached hydrogen (secondary N) is 1. The molecule has 1 N–H and O–H groups in total. The number of aromatic nitrogens is 1. The lowest BCUT2D eigenvalue weighted by Crippen LogP contribution is -2.37. The number of hydrogen-bond acceptors (Lipinski definition) is 4. The lowest BCUT2D eigenvalue weighted by molar-refractivity contribution is -0.344. The van der Waals surface area contributed by atoms with E-state index in [1.807, 2.05) is 28.8 Å². The molecule has 11 heteroatoms. The molecule has 1 heterocycles. The van der Waals surface area contributed by atoms with Crippen molar-refractivity contribution in [1.29, 1.82) is 5.26 Å². The number of rotatable bonds is 6. The molecular weight excluding hydrogens is 528 g/mol. The molecule has 208 valence electrons. The second kappa shape index (κ2) is 12.0. The van der Waals surface area contributed by atoms with Gasteiger partial charge in [-0.2, -0.15) is 18.4 Å². The molecule has 1 aromatic heterocycles. The van der Waals surface area contributed by atoms with Crippen molar-refractivity contribution in [1.82, 2.24) is 14.4 Å². The van der Waals surface area contributed by atoms with Gasteiger partial charge in [-0.25, -0.2) is 4.39 Å². The maximum Gasteiger partial charge on any atom is 0.430 e. The summed E-state index contributed by atoms with van der Waals surface area (Å²) in [7, 11) is 6.31. The minimum absolute atomic E-state index is 0.237. The maximum absolute atomic E-state index is 13.8. The lowest BCUT2D eigenvalue weighted by atomic mass is 10.1. The van der Waals surface area contributed by atoms with Crippen LogP contribution in [0.25, 0.3) is 10.9 Å². The topological polar surface area (TPSA) is 98.0 Å². The number of hydrogen-bond donors (Lipinski definition) is 1. The van der Waals surface area contributed by atoms with Crippen molar-refractivity contribution in [3.05, 3.63) is 101 Å². The minimum atomic E-state index is -5.19. The summed E-state index contributed by atoms with van der Waals surface area (Å²) in [5.41, 5.74) is 4.82. The number of carbonyl (C=O) groups excluding carboxylic acids is 2. The summed E-state index contributed by atoms with van der Waals surface area (Å²) in [6.45, 7) is 0.779. The third-order valence-electron chi connectivity index (χ3n) is 5.89. The summed E-state index contributed by atoms with van der Waals surface area (Å²) in [6.07, 6.45) is -5.19. The highest BCUT2D eigenvalue weighted by Crippen LogP contribution is 2.23. The van der Waals surface area contributed by atoms with Crippen LogP contribution in [0.1, 0.15) is 27.2 Å². The van der Waals surface area contributed by atoms with Crippen molar-refractivity contribution in [3.8, 4) is 6.07 Å². The molecule has 0 aliphatic heterocycles. The third kappa shape index (κ3) is 7.68. The molecule has 0 aliphatic carbocycles. The fourth-order valence-corrected chi connectivity index (χ4v) is 3.86. The maximum atomic E-state index is 13.8. The molecule has 1 amide bonds. The van der Waals surface area contributed by atoms with E-state index in [2.05, 4.69) is 44.7 Å². The summed E-state index contributed by atoms with van der Waals surface area (Å²) in [5.74, 6) is -3.60. The highest BCUT2D eigenvalue weighted by Gasteiger charge is 2.28. The van der Waals surface area contributed by atoms with Gasteiger partial charge in [0.15, 0.2) is 0 Å². The Morgan fingerprint density at radius 3 is 2.20 bits per heavy atom. The fraction of sp³-hybridized carbons (Fsp3) is 0.207. The van der Waals surface area contributed by atoms with Gasteiger partial charge in [-0.05, 0) is 59.7 Å². The summed E-state index contributed by atoms with van der Waals surface area (Å²) in [5, 5.41) is 21.6. The number of carboxylic acids is 1. The van der Waals surface area contributed by atoms with Crippen molar-refractivity contribution in [3.63, 3.8) is 0 Å². The summed E-state index contributed by atoms with van der Waals surface area (Å²) in [6, 6.07) is 23.8. The molecule has 7 nitrogen and oxygen atoms in total. The van der Waals surface area contributed by atoms with E-state index in [0.717, 1.165) is 21.1 Å². The Morgan fingerprint density at radius 1 is 0.975 bits per heavy atom. The Morgan fingerprint density at radius 2 is 1.62 bits per heavy atom. The second-order valence-corrected chi connectivity index (χ2v) is 9.78. The van der Waals surface area contributed by atoms with Crippen molar-refractivity contribution in [2.24, 2.45) is 0 Å². The van der Waals surface area contributed by atoms with Gasteiger partial charge in [0, 0.05) is 24.0 Å². The van der Waals surface area contributed by atoms with Crippen molar-refractivity contribution in [2.75, 3.05) is 21.1 Å². The average Bonchev–Trinajstić information content (AvgIpc) is 3.24. The summed E-state index contributed by atoms with van der Waals surface area (Å²) < 4.78 is 48.0. The predicted octanol–water partition coefficient (Wildman–Crippen LogP) is 4.13. The predicted molar refractivity (Wildman–Crippen MR) is 140 cm³/mol. The van der Waals surface area contributed by atoms with Gasteiger partial charge in [-0.3, -0.25) is 9.28 Å². The van der Waals surface area contributed by atoms with Gasteiger partial charge < -0.3 is 19.8 Å².